The van der Waals surface area contributed by atoms with Crippen molar-refractivity contribution >= 4 is 0 Å². The van der Waals surface area contributed by atoms with E-state index in [1.54, 1.807) is 11.0 Å². The van der Waals surface area contributed by atoms with E-state index < -0.39 is 0 Å². The topological polar surface area (TPSA) is 81.7 Å². The predicted molar refractivity (Wildman–Crippen MR) is 101 cm³/mol. The maximum atomic E-state index is 5.39. The van der Waals surface area contributed by atoms with Crippen molar-refractivity contribution in [1.29, 1.82) is 0 Å². The van der Waals surface area contributed by atoms with E-state index in [4.69, 9.17) is 4.52 Å². The third kappa shape index (κ3) is 3.78. The second-order valence-electron chi connectivity index (χ2n) is 6.36. The number of benzene rings is 2. The van der Waals surface area contributed by atoms with Gasteiger partial charge < -0.3 is 9.84 Å². The fourth-order valence-electron chi connectivity index (χ4n) is 2.88. The highest BCUT2D eigenvalue weighted by molar-refractivity contribution is 5.58. The van der Waals surface area contributed by atoms with E-state index in [2.05, 4.69) is 44.6 Å². The molecule has 1 N–H and O–H groups in total. The van der Waals surface area contributed by atoms with Crippen LogP contribution in [0.2, 0.25) is 0 Å². The van der Waals surface area contributed by atoms with E-state index in [1.165, 1.54) is 6.33 Å². The first-order valence-electron chi connectivity index (χ1n) is 8.77. The van der Waals surface area contributed by atoms with Crippen LogP contribution in [0.25, 0.3) is 17.1 Å². The molecule has 2 aromatic heterocycles. The molecule has 4 rings (SSSR count). The molecule has 0 fully saturated rings. The molecule has 136 valence electrons. The quantitative estimate of drug-likeness (QED) is 0.567. The van der Waals surface area contributed by atoms with Crippen molar-refractivity contribution in [2.24, 2.45) is 0 Å². The van der Waals surface area contributed by atoms with Gasteiger partial charge in [-0.1, -0.05) is 41.6 Å². The molecular formula is C20H20N6O. The number of hydrogen-bond donors (Lipinski definition) is 1. The minimum atomic E-state index is 0.142. The summed E-state index contributed by atoms with van der Waals surface area (Å²) < 4.78 is 7.12. The second kappa shape index (κ2) is 7.51. The Morgan fingerprint density at radius 3 is 2.67 bits per heavy atom. The van der Waals surface area contributed by atoms with E-state index in [0.717, 1.165) is 22.4 Å². The van der Waals surface area contributed by atoms with E-state index in [-0.39, 0.29) is 6.04 Å². The van der Waals surface area contributed by atoms with Gasteiger partial charge in [0.2, 0.25) is 11.7 Å². The van der Waals surface area contributed by atoms with Gasteiger partial charge in [-0.05, 0) is 37.1 Å². The van der Waals surface area contributed by atoms with Gasteiger partial charge in [-0.3, -0.25) is 0 Å². The third-order valence-corrected chi connectivity index (χ3v) is 4.49. The minimum Gasteiger partial charge on any atom is -0.338 e. The molecule has 27 heavy (non-hydrogen) atoms. The number of nitrogens with one attached hydrogen (secondary N) is 1. The van der Waals surface area contributed by atoms with Crippen molar-refractivity contribution in [3.05, 3.63) is 78.2 Å². The van der Waals surface area contributed by atoms with Crippen LogP contribution in [0.3, 0.4) is 0 Å². The zero-order chi connectivity index (χ0) is 18.6. The van der Waals surface area contributed by atoms with Crippen LogP contribution in [0.5, 0.6) is 0 Å². The predicted octanol–water partition coefficient (Wildman–Crippen LogP) is 3.48. The lowest BCUT2D eigenvalue weighted by Gasteiger charge is -2.13. The molecule has 4 aromatic rings. The Labute approximate surface area is 157 Å². The smallest absolute Gasteiger partial charge is 0.240 e. The zero-order valence-electron chi connectivity index (χ0n) is 15.2. The summed E-state index contributed by atoms with van der Waals surface area (Å²) in [5.41, 5.74) is 4.25. The van der Waals surface area contributed by atoms with Crippen LogP contribution >= 0.6 is 0 Å². The SMILES string of the molecule is Cc1ccccc1-c1noc(CN[C@H](C)c2ccc(-n3cncn3)cc2)n1. The first-order valence-corrected chi connectivity index (χ1v) is 8.77. The molecule has 2 aromatic carbocycles. The molecule has 0 saturated heterocycles. The van der Waals surface area contributed by atoms with Gasteiger partial charge >= 0.3 is 0 Å². The van der Waals surface area contributed by atoms with Crippen molar-refractivity contribution < 1.29 is 4.52 Å². The summed E-state index contributed by atoms with van der Waals surface area (Å²) in [5, 5.41) is 11.6. The number of aromatic nitrogens is 5. The largest absolute Gasteiger partial charge is 0.338 e. The summed E-state index contributed by atoms with van der Waals surface area (Å²) in [5.74, 6) is 1.19. The second-order valence-corrected chi connectivity index (χ2v) is 6.36. The molecule has 7 nitrogen and oxygen atoms in total. The van der Waals surface area contributed by atoms with Gasteiger partial charge in [0.1, 0.15) is 12.7 Å². The van der Waals surface area contributed by atoms with Crippen LogP contribution in [-0.2, 0) is 6.54 Å². The zero-order valence-corrected chi connectivity index (χ0v) is 15.2. The molecule has 0 aliphatic heterocycles. The summed E-state index contributed by atoms with van der Waals surface area (Å²) in [6.07, 6.45) is 3.20. The van der Waals surface area contributed by atoms with Crippen LogP contribution in [0.15, 0.2) is 65.7 Å². The molecule has 1 atom stereocenters. The lowest BCUT2D eigenvalue weighted by Crippen LogP contribution is -2.18. The highest BCUT2D eigenvalue weighted by Gasteiger charge is 2.12. The highest BCUT2D eigenvalue weighted by atomic mass is 16.5. The Hall–Kier alpha value is -3.32. The average molecular weight is 360 g/mol. The monoisotopic (exact) mass is 360 g/mol. The number of nitrogens with zero attached hydrogens (tertiary/aromatic N) is 5. The van der Waals surface area contributed by atoms with Crippen molar-refractivity contribution in [3.8, 4) is 17.1 Å². The molecule has 0 unspecified atom stereocenters. The lowest BCUT2D eigenvalue weighted by molar-refractivity contribution is 0.360. The molecule has 2 heterocycles. The minimum absolute atomic E-state index is 0.142. The molecule has 0 aliphatic carbocycles. The Morgan fingerprint density at radius 1 is 1.11 bits per heavy atom. The molecule has 0 aliphatic rings. The van der Waals surface area contributed by atoms with Crippen LogP contribution < -0.4 is 5.32 Å². The third-order valence-electron chi connectivity index (χ3n) is 4.49. The summed E-state index contributed by atoms with van der Waals surface area (Å²) in [4.78, 5) is 8.46. The van der Waals surface area contributed by atoms with Crippen molar-refractivity contribution in [2.45, 2.75) is 26.4 Å². The summed E-state index contributed by atoms with van der Waals surface area (Å²) in [7, 11) is 0. The molecule has 0 bridgehead atoms. The van der Waals surface area contributed by atoms with Gasteiger partial charge in [-0.15, -0.1) is 0 Å². The maximum absolute atomic E-state index is 5.39. The number of rotatable bonds is 6. The molecule has 0 radical (unpaired) electrons. The maximum Gasteiger partial charge on any atom is 0.240 e. The van der Waals surface area contributed by atoms with Crippen molar-refractivity contribution in [2.75, 3.05) is 0 Å². The molecule has 7 heteroatoms. The fraction of sp³-hybridized carbons (Fsp3) is 0.200. The average Bonchev–Trinajstić information content (AvgIpc) is 3.39. The molecule has 0 spiro atoms. The van der Waals surface area contributed by atoms with Crippen molar-refractivity contribution in [1.82, 2.24) is 30.2 Å². The van der Waals surface area contributed by atoms with Gasteiger partial charge in [-0.25, -0.2) is 9.67 Å². The summed E-state index contributed by atoms with van der Waals surface area (Å²) >= 11 is 0. The van der Waals surface area contributed by atoms with Gasteiger partial charge in [0.25, 0.3) is 0 Å². The Kier molecular flexibility index (Phi) is 4.76. The molecule has 0 saturated carbocycles. The lowest BCUT2D eigenvalue weighted by atomic mass is 10.1. The van der Waals surface area contributed by atoms with E-state index in [0.29, 0.717) is 18.3 Å². The van der Waals surface area contributed by atoms with Crippen LogP contribution in [0.1, 0.15) is 30.0 Å². The molecular weight excluding hydrogens is 340 g/mol. The van der Waals surface area contributed by atoms with Gasteiger partial charge in [0.15, 0.2) is 0 Å². The molecule has 0 amide bonds. The Morgan fingerprint density at radius 2 is 1.93 bits per heavy atom. The Bertz CT molecular complexity index is 1010. The van der Waals surface area contributed by atoms with Crippen LogP contribution in [0.4, 0.5) is 0 Å². The van der Waals surface area contributed by atoms with E-state index in [9.17, 15) is 0 Å². The number of aryl methyl sites for hydroxylation is 1. The van der Waals surface area contributed by atoms with Gasteiger partial charge in [0, 0.05) is 11.6 Å². The standard InChI is InChI=1S/C20H20N6O/c1-14-5-3-4-6-18(14)20-24-19(27-25-20)11-22-15(2)16-7-9-17(10-8-16)26-13-21-12-23-26/h3-10,12-13,15,22H,11H2,1-2H3/t15-/m1/s1. The van der Waals surface area contributed by atoms with Crippen LogP contribution in [0, 0.1) is 6.92 Å². The fourth-order valence-corrected chi connectivity index (χ4v) is 2.88. The van der Waals surface area contributed by atoms with Crippen LogP contribution in [-0.4, -0.2) is 24.9 Å². The first kappa shape index (κ1) is 17.1. The number of hydrogen-bond acceptors (Lipinski definition) is 6. The van der Waals surface area contributed by atoms with E-state index >= 15 is 0 Å². The summed E-state index contributed by atoms with van der Waals surface area (Å²) in [6, 6.07) is 16.3. The normalized spacial score (nSPS) is 12.2. The van der Waals surface area contributed by atoms with Gasteiger partial charge in [-0.2, -0.15) is 10.1 Å². The highest BCUT2D eigenvalue weighted by Crippen LogP contribution is 2.20. The van der Waals surface area contributed by atoms with Crippen molar-refractivity contribution in [3.63, 3.8) is 0 Å². The van der Waals surface area contributed by atoms with E-state index in [1.807, 2.05) is 43.3 Å². The van der Waals surface area contributed by atoms with Gasteiger partial charge in [0.05, 0.1) is 12.2 Å². The summed E-state index contributed by atoms with van der Waals surface area (Å²) in [6.45, 7) is 4.64. The Balaban J connectivity index is 1.39. The first-order chi connectivity index (χ1) is 13.2.